The van der Waals surface area contributed by atoms with Crippen LogP contribution in [0, 0.1) is 0 Å². The number of hydrogen-bond acceptors (Lipinski definition) is 3. The Morgan fingerprint density at radius 2 is 2.14 bits per heavy atom. The van der Waals surface area contributed by atoms with Gasteiger partial charge in [0.1, 0.15) is 6.61 Å². The van der Waals surface area contributed by atoms with Crippen molar-refractivity contribution < 1.29 is 9.53 Å². The van der Waals surface area contributed by atoms with Gasteiger partial charge in [-0.05, 0) is 27.8 Å². The highest BCUT2D eigenvalue weighted by Gasteiger charge is 2.03. The van der Waals surface area contributed by atoms with E-state index >= 15 is 0 Å². The number of hydrogen-bond donors (Lipinski definition) is 1. The number of nitrogens with one attached hydrogen (secondary N) is 1. The van der Waals surface area contributed by atoms with Gasteiger partial charge in [-0.25, -0.2) is 0 Å². The topological polar surface area (TPSA) is 41.6 Å². The van der Waals surface area contributed by atoms with E-state index in [0.717, 1.165) is 6.54 Å². The fraction of sp³-hybridized carbons (Fsp3) is 0.900. The Balaban J connectivity index is 3.39. The summed E-state index contributed by atoms with van der Waals surface area (Å²) >= 11 is 0. The fourth-order valence-electron chi connectivity index (χ4n) is 0.876. The molecule has 0 aromatic rings. The molecule has 0 aromatic heterocycles. The molecule has 4 nitrogen and oxygen atoms in total. The Morgan fingerprint density at radius 3 is 2.64 bits per heavy atom. The van der Waals surface area contributed by atoms with Crippen molar-refractivity contribution in [2.24, 2.45) is 0 Å². The van der Waals surface area contributed by atoms with Gasteiger partial charge in [0.15, 0.2) is 0 Å². The Kier molecular flexibility index (Phi) is 7.42. The van der Waals surface area contributed by atoms with Crippen LogP contribution in [0.4, 0.5) is 0 Å². The largest absolute Gasteiger partial charge is 0.372 e. The Morgan fingerprint density at radius 1 is 1.50 bits per heavy atom. The molecule has 0 bridgehead atoms. The molecule has 0 aliphatic rings. The molecule has 0 unspecified atom stereocenters. The maximum atomic E-state index is 11.1. The normalized spacial score (nSPS) is 11.0. The van der Waals surface area contributed by atoms with E-state index in [9.17, 15) is 4.79 Å². The molecule has 0 radical (unpaired) electrons. The van der Waals surface area contributed by atoms with E-state index in [4.69, 9.17) is 4.74 Å². The minimum Gasteiger partial charge on any atom is -0.372 e. The van der Waals surface area contributed by atoms with Crippen LogP contribution in [-0.4, -0.2) is 50.2 Å². The molecule has 84 valence electrons. The van der Waals surface area contributed by atoms with Gasteiger partial charge in [-0.2, -0.15) is 0 Å². The monoisotopic (exact) mass is 202 g/mol. The minimum absolute atomic E-state index is 0.0380. The van der Waals surface area contributed by atoms with E-state index in [1.54, 1.807) is 0 Å². The van der Waals surface area contributed by atoms with E-state index in [1.165, 1.54) is 0 Å². The third-order valence-electron chi connectivity index (χ3n) is 2.11. The van der Waals surface area contributed by atoms with Gasteiger partial charge in [0.25, 0.3) is 0 Å². The van der Waals surface area contributed by atoms with Crippen LogP contribution in [0.1, 0.15) is 20.8 Å². The number of nitrogens with zero attached hydrogens (tertiary/aromatic N) is 1. The zero-order valence-corrected chi connectivity index (χ0v) is 9.67. The molecule has 0 heterocycles. The summed E-state index contributed by atoms with van der Waals surface area (Å²) in [6, 6.07) is 0.513. The van der Waals surface area contributed by atoms with Crippen LogP contribution in [0.25, 0.3) is 0 Å². The summed E-state index contributed by atoms with van der Waals surface area (Å²) in [7, 11) is 2.04. The van der Waals surface area contributed by atoms with Crippen molar-refractivity contribution in [3.05, 3.63) is 0 Å². The van der Waals surface area contributed by atoms with Crippen molar-refractivity contribution in [1.82, 2.24) is 10.2 Å². The summed E-state index contributed by atoms with van der Waals surface area (Å²) in [5.41, 5.74) is 0. The van der Waals surface area contributed by atoms with Crippen LogP contribution >= 0.6 is 0 Å². The summed E-state index contributed by atoms with van der Waals surface area (Å²) in [4.78, 5) is 13.3. The predicted octanol–water partition coefficient (Wildman–Crippen LogP) is 0.479. The lowest BCUT2D eigenvalue weighted by molar-refractivity contribution is -0.125. The second kappa shape index (κ2) is 7.76. The van der Waals surface area contributed by atoms with Gasteiger partial charge in [0.05, 0.1) is 0 Å². The molecule has 0 saturated heterocycles. The van der Waals surface area contributed by atoms with Crippen molar-refractivity contribution >= 4 is 5.91 Å². The van der Waals surface area contributed by atoms with E-state index in [2.05, 4.69) is 24.1 Å². The molecule has 0 aliphatic heterocycles. The molecule has 4 heteroatoms. The predicted molar refractivity (Wildman–Crippen MR) is 57.3 cm³/mol. The quantitative estimate of drug-likeness (QED) is 0.653. The van der Waals surface area contributed by atoms with E-state index in [-0.39, 0.29) is 12.5 Å². The third-order valence-corrected chi connectivity index (χ3v) is 2.11. The van der Waals surface area contributed by atoms with Crippen LogP contribution < -0.4 is 5.32 Å². The van der Waals surface area contributed by atoms with E-state index in [0.29, 0.717) is 19.2 Å². The molecule has 0 rings (SSSR count). The molecule has 1 N–H and O–H groups in total. The number of ether oxygens (including phenoxy) is 1. The Labute approximate surface area is 86.6 Å². The van der Waals surface area contributed by atoms with E-state index in [1.807, 2.05) is 14.0 Å². The summed E-state index contributed by atoms with van der Waals surface area (Å²) in [5, 5.41) is 2.80. The van der Waals surface area contributed by atoms with Gasteiger partial charge in [-0.15, -0.1) is 0 Å². The molecule has 1 amide bonds. The fourth-order valence-corrected chi connectivity index (χ4v) is 0.876. The zero-order valence-electron chi connectivity index (χ0n) is 9.67. The number of rotatable bonds is 7. The van der Waals surface area contributed by atoms with Gasteiger partial charge >= 0.3 is 0 Å². The maximum absolute atomic E-state index is 11.1. The zero-order chi connectivity index (χ0) is 11.0. The maximum Gasteiger partial charge on any atom is 0.246 e. The number of carbonyl (C=O) groups is 1. The van der Waals surface area contributed by atoms with E-state index < -0.39 is 0 Å². The second-order valence-electron chi connectivity index (χ2n) is 3.56. The first-order chi connectivity index (χ1) is 6.57. The first kappa shape index (κ1) is 13.4. The first-order valence-electron chi connectivity index (χ1n) is 5.12. The first-order valence-corrected chi connectivity index (χ1v) is 5.12. The SMILES string of the molecule is CCOCC(=O)NCCN(C)C(C)C. The Bertz CT molecular complexity index is 160. The smallest absolute Gasteiger partial charge is 0.246 e. The average molecular weight is 202 g/mol. The molecule has 0 aromatic carbocycles. The lowest BCUT2D eigenvalue weighted by atomic mass is 10.3. The standard InChI is InChI=1S/C10H22N2O2/c1-5-14-8-10(13)11-6-7-12(4)9(2)3/h9H,5-8H2,1-4H3,(H,11,13). The second-order valence-corrected chi connectivity index (χ2v) is 3.56. The van der Waals surface area contributed by atoms with Crippen LogP contribution in [0.5, 0.6) is 0 Å². The highest BCUT2D eigenvalue weighted by molar-refractivity contribution is 5.77. The van der Waals surface area contributed by atoms with Crippen LogP contribution in [0.15, 0.2) is 0 Å². The highest BCUT2D eigenvalue weighted by Crippen LogP contribution is 1.90. The van der Waals surface area contributed by atoms with Crippen molar-refractivity contribution in [2.45, 2.75) is 26.8 Å². The molecule has 0 atom stereocenters. The molecule has 0 fully saturated rings. The average Bonchev–Trinajstić information content (AvgIpc) is 2.14. The number of amides is 1. The van der Waals surface area contributed by atoms with Crippen LogP contribution in [0.3, 0.4) is 0 Å². The highest BCUT2D eigenvalue weighted by atomic mass is 16.5. The summed E-state index contributed by atoms with van der Waals surface area (Å²) in [5.74, 6) is -0.0380. The minimum atomic E-state index is -0.0380. The number of likely N-dealkylation sites (N-methyl/N-ethyl adjacent to an activating group) is 1. The molecule has 14 heavy (non-hydrogen) atoms. The third kappa shape index (κ3) is 6.86. The number of carbonyl (C=O) groups excluding carboxylic acids is 1. The van der Waals surface area contributed by atoms with Crippen LogP contribution in [-0.2, 0) is 9.53 Å². The van der Waals surface area contributed by atoms with Crippen LogP contribution in [0.2, 0.25) is 0 Å². The molecule has 0 aliphatic carbocycles. The molecule has 0 saturated carbocycles. The molecular formula is C10H22N2O2. The summed E-state index contributed by atoms with van der Waals surface area (Å²) in [6.07, 6.45) is 0. The lowest BCUT2D eigenvalue weighted by Crippen LogP contribution is -2.37. The molecular weight excluding hydrogens is 180 g/mol. The van der Waals surface area contributed by atoms with Gasteiger partial charge in [0, 0.05) is 25.7 Å². The van der Waals surface area contributed by atoms with Crippen molar-refractivity contribution in [3.63, 3.8) is 0 Å². The van der Waals surface area contributed by atoms with Crippen molar-refractivity contribution in [2.75, 3.05) is 33.4 Å². The van der Waals surface area contributed by atoms with Gasteiger partial charge in [-0.3, -0.25) is 4.79 Å². The lowest BCUT2D eigenvalue weighted by Gasteiger charge is -2.20. The molecule has 0 spiro atoms. The van der Waals surface area contributed by atoms with Gasteiger partial charge < -0.3 is 15.0 Å². The van der Waals surface area contributed by atoms with Crippen molar-refractivity contribution in [1.29, 1.82) is 0 Å². The van der Waals surface area contributed by atoms with Gasteiger partial charge in [0.2, 0.25) is 5.91 Å². The van der Waals surface area contributed by atoms with Gasteiger partial charge in [-0.1, -0.05) is 0 Å². The Hall–Kier alpha value is -0.610. The summed E-state index contributed by atoms with van der Waals surface area (Å²) < 4.78 is 4.97. The van der Waals surface area contributed by atoms with Crippen molar-refractivity contribution in [3.8, 4) is 0 Å². The summed E-state index contributed by atoms with van der Waals surface area (Å²) in [6.45, 7) is 8.43.